The number of carbonyl (C=O) groups is 1. The number of esters is 1. The number of anilines is 2. The second-order valence-electron chi connectivity index (χ2n) is 7.36. The fourth-order valence-corrected chi connectivity index (χ4v) is 5.81. The van der Waals surface area contributed by atoms with Crippen LogP contribution in [0.5, 0.6) is 5.75 Å². The van der Waals surface area contributed by atoms with Crippen LogP contribution in [-0.4, -0.2) is 37.0 Å². The van der Waals surface area contributed by atoms with Crippen LogP contribution in [0.15, 0.2) is 81.1 Å². The molecule has 0 fully saturated rings. The summed E-state index contributed by atoms with van der Waals surface area (Å²) in [5, 5.41) is 0.327. The summed E-state index contributed by atoms with van der Waals surface area (Å²) in [6.45, 7) is 0. The molecule has 2 N–H and O–H groups in total. The van der Waals surface area contributed by atoms with Gasteiger partial charge in [0, 0.05) is 22.5 Å². The van der Waals surface area contributed by atoms with Gasteiger partial charge in [-0.3, -0.25) is 9.44 Å². The van der Waals surface area contributed by atoms with Crippen molar-refractivity contribution in [3.63, 3.8) is 0 Å². The molecule has 0 aliphatic rings. The maximum absolute atomic E-state index is 13.3. The summed E-state index contributed by atoms with van der Waals surface area (Å²) in [5.41, 5.74) is -0.214. The molecule has 0 bridgehead atoms. The van der Waals surface area contributed by atoms with Crippen LogP contribution in [0.25, 0.3) is 11.0 Å². The lowest BCUT2D eigenvalue weighted by Crippen LogP contribution is -2.20. The van der Waals surface area contributed by atoms with Crippen LogP contribution in [0.2, 0.25) is 5.02 Å². The van der Waals surface area contributed by atoms with Crippen molar-refractivity contribution in [2.45, 2.75) is 9.99 Å². The van der Waals surface area contributed by atoms with Crippen LogP contribution in [0, 0.1) is 0 Å². The number of benzene rings is 3. The number of halogens is 1. The number of fused-ring (bicyclic) bond motifs is 1. The summed E-state index contributed by atoms with van der Waals surface area (Å²) in [6.07, 6.45) is 0. The average molecular weight is 551 g/mol. The molecule has 0 unspecified atom stereocenters. The van der Waals surface area contributed by atoms with Crippen LogP contribution in [0.3, 0.4) is 0 Å². The van der Waals surface area contributed by atoms with Crippen molar-refractivity contribution in [3.8, 4) is 5.75 Å². The Morgan fingerprint density at radius 3 is 2.28 bits per heavy atom. The van der Waals surface area contributed by atoms with Crippen molar-refractivity contribution in [1.82, 2.24) is 0 Å². The molecule has 10 nitrogen and oxygen atoms in total. The zero-order valence-electron chi connectivity index (χ0n) is 18.8. The summed E-state index contributed by atoms with van der Waals surface area (Å²) in [5.74, 6) is -0.718. The molecule has 0 radical (unpaired) electrons. The molecule has 1 heterocycles. The van der Waals surface area contributed by atoms with Crippen molar-refractivity contribution < 1.29 is 35.5 Å². The number of sulfonamides is 2. The predicted molar refractivity (Wildman–Crippen MR) is 134 cm³/mol. The third-order valence-electron chi connectivity index (χ3n) is 5.02. The van der Waals surface area contributed by atoms with E-state index >= 15 is 0 Å². The fraction of sp³-hybridized carbons (Fsp3) is 0.0870. The van der Waals surface area contributed by atoms with Gasteiger partial charge in [0.2, 0.25) is 5.09 Å². The normalized spacial score (nSPS) is 11.8. The van der Waals surface area contributed by atoms with Gasteiger partial charge in [-0.25, -0.2) is 13.2 Å². The number of methoxy groups -OCH3 is 2. The lowest BCUT2D eigenvalue weighted by Gasteiger charge is -2.16. The van der Waals surface area contributed by atoms with E-state index in [1.165, 1.54) is 43.5 Å². The maximum Gasteiger partial charge on any atom is 0.339 e. The summed E-state index contributed by atoms with van der Waals surface area (Å²) >= 11 is 6.06. The minimum Gasteiger partial charge on any atom is -0.497 e. The highest BCUT2D eigenvalue weighted by atomic mass is 35.5. The number of carbonyl (C=O) groups excluding carboxylic acids is 1. The molecule has 0 amide bonds. The molecule has 188 valence electrons. The molecule has 4 rings (SSSR count). The second kappa shape index (κ2) is 9.72. The highest BCUT2D eigenvalue weighted by Crippen LogP contribution is 2.33. The van der Waals surface area contributed by atoms with Crippen LogP contribution in [0.4, 0.5) is 11.4 Å². The van der Waals surface area contributed by atoms with Crippen molar-refractivity contribution in [3.05, 3.63) is 77.3 Å². The number of ether oxygens (including phenoxy) is 2. The van der Waals surface area contributed by atoms with Gasteiger partial charge in [0.1, 0.15) is 16.2 Å². The van der Waals surface area contributed by atoms with Gasteiger partial charge in [-0.1, -0.05) is 29.8 Å². The van der Waals surface area contributed by atoms with Crippen LogP contribution in [-0.2, 0) is 24.8 Å². The second-order valence-corrected chi connectivity index (χ2v) is 11.1. The quantitative estimate of drug-likeness (QED) is 0.306. The zero-order chi connectivity index (χ0) is 26.1. The molecular weight excluding hydrogens is 532 g/mol. The van der Waals surface area contributed by atoms with Crippen molar-refractivity contribution in [2.75, 3.05) is 23.7 Å². The first-order valence-electron chi connectivity index (χ1n) is 10.1. The third-order valence-corrected chi connectivity index (χ3v) is 7.88. The monoisotopic (exact) mass is 550 g/mol. The Balaban J connectivity index is 1.74. The van der Waals surface area contributed by atoms with Gasteiger partial charge in [0.05, 0.1) is 31.2 Å². The SMILES string of the molecule is COC(=O)c1ccc(OC)cc1S(=O)(=O)Nc1ccc(Cl)cc1NS(=O)(=O)c1cc2ccccc2o1. The smallest absolute Gasteiger partial charge is 0.339 e. The van der Waals surface area contributed by atoms with E-state index in [9.17, 15) is 21.6 Å². The first-order chi connectivity index (χ1) is 17.0. The maximum atomic E-state index is 13.3. The van der Waals surface area contributed by atoms with Gasteiger partial charge < -0.3 is 13.9 Å². The van der Waals surface area contributed by atoms with E-state index in [0.29, 0.717) is 11.0 Å². The van der Waals surface area contributed by atoms with Gasteiger partial charge in [-0.15, -0.1) is 0 Å². The van der Waals surface area contributed by atoms with E-state index in [1.807, 2.05) is 0 Å². The Kier molecular flexibility index (Phi) is 6.85. The van der Waals surface area contributed by atoms with E-state index in [0.717, 1.165) is 13.2 Å². The first kappa shape index (κ1) is 25.4. The predicted octanol–water partition coefficient (Wildman–Crippen LogP) is 4.48. The van der Waals surface area contributed by atoms with E-state index < -0.39 is 30.9 Å². The van der Waals surface area contributed by atoms with Crippen LogP contribution < -0.4 is 14.2 Å². The first-order valence-corrected chi connectivity index (χ1v) is 13.5. The number of nitrogens with one attached hydrogen (secondary N) is 2. The third kappa shape index (κ3) is 5.10. The molecule has 13 heteroatoms. The topological polar surface area (TPSA) is 141 Å². The molecule has 0 spiro atoms. The molecule has 0 saturated carbocycles. The molecule has 0 atom stereocenters. The van der Waals surface area contributed by atoms with Gasteiger partial charge in [0.25, 0.3) is 20.0 Å². The van der Waals surface area contributed by atoms with Crippen molar-refractivity contribution in [2.24, 2.45) is 0 Å². The standard InChI is InChI=1S/C23H19ClN2O8S2/c1-32-16-8-9-17(23(27)33-2)21(13-16)35(28,29)25-18-10-7-15(24)12-19(18)26-36(30,31)22-11-14-5-3-4-6-20(14)34-22/h3-13,25-26H,1-2H3. The Morgan fingerprint density at radius 1 is 0.861 bits per heavy atom. The summed E-state index contributed by atoms with van der Waals surface area (Å²) in [6, 6.07) is 15.7. The Morgan fingerprint density at radius 2 is 1.58 bits per heavy atom. The molecule has 36 heavy (non-hydrogen) atoms. The minimum atomic E-state index is -4.44. The lowest BCUT2D eigenvalue weighted by molar-refractivity contribution is 0.0596. The zero-order valence-corrected chi connectivity index (χ0v) is 21.2. The van der Waals surface area contributed by atoms with Gasteiger partial charge in [-0.2, -0.15) is 8.42 Å². The summed E-state index contributed by atoms with van der Waals surface area (Å²) in [4.78, 5) is 11.8. The number of furan rings is 1. The number of hydrogen-bond donors (Lipinski definition) is 2. The van der Waals surface area contributed by atoms with E-state index in [4.69, 9.17) is 20.8 Å². The average Bonchev–Trinajstić information content (AvgIpc) is 3.30. The Labute approximate surface area is 211 Å². The molecule has 1 aromatic heterocycles. The van der Waals surface area contributed by atoms with Crippen LogP contribution >= 0.6 is 11.6 Å². The molecule has 0 aliphatic carbocycles. The molecule has 3 aromatic carbocycles. The molecule has 0 aliphatic heterocycles. The Hall–Kier alpha value is -3.74. The Bertz CT molecular complexity index is 1650. The number of hydrogen-bond acceptors (Lipinski definition) is 8. The molecule has 0 saturated heterocycles. The van der Waals surface area contributed by atoms with E-state index in [2.05, 4.69) is 14.2 Å². The fourth-order valence-electron chi connectivity index (χ4n) is 3.31. The minimum absolute atomic E-state index is 0.136. The number of rotatable bonds is 8. The van der Waals surface area contributed by atoms with Crippen LogP contribution in [0.1, 0.15) is 10.4 Å². The van der Waals surface area contributed by atoms with Crippen molar-refractivity contribution in [1.29, 1.82) is 0 Å². The van der Waals surface area contributed by atoms with E-state index in [1.54, 1.807) is 24.3 Å². The van der Waals surface area contributed by atoms with E-state index in [-0.39, 0.29) is 32.8 Å². The van der Waals surface area contributed by atoms with Gasteiger partial charge in [0.15, 0.2) is 0 Å². The highest BCUT2D eigenvalue weighted by Gasteiger charge is 2.27. The largest absolute Gasteiger partial charge is 0.497 e. The van der Waals surface area contributed by atoms with Gasteiger partial charge in [-0.05, 0) is 36.4 Å². The van der Waals surface area contributed by atoms with Crippen molar-refractivity contribution >= 4 is 60.0 Å². The summed E-state index contributed by atoms with van der Waals surface area (Å²) < 4.78 is 72.5. The van der Waals surface area contributed by atoms with Gasteiger partial charge >= 0.3 is 5.97 Å². The molecular formula is C23H19ClN2O8S2. The lowest BCUT2D eigenvalue weighted by atomic mass is 10.2. The summed E-state index contributed by atoms with van der Waals surface area (Å²) in [7, 11) is -6.27. The number of para-hydroxylation sites is 1. The highest BCUT2D eigenvalue weighted by molar-refractivity contribution is 7.93. The molecule has 4 aromatic rings.